The third-order valence-electron chi connectivity index (χ3n) is 4.71. The summed E-state index contributed by atoms with van der Waals surface area (Å²) in [7, 11) is 0. The highest BCUT2D eigenvalue weighted by molar-refractivity contribution is 5.95. The quantitative estimate of drug-likeness (QED) is 0.928. The van der Waals surface area contributed by atoms with Gasteiger partial charge in [-0.25, -0.2) is 0 Å². The SMILES string of the molecule is Cc1c(C(=O)NC2CCCCC2)ccn1CC1COCCO1. The Hall–Kier alpha value is -1.33. The van der Waals surface area contributed by atoms with E-state index in [-0.39, 0.29) is 12.0 Å². The van der Waals surface area contributed by atoms with Gasteiger partial charge >= 0.3 is 0 Å². The van der Waals surface area contributed by atoms with Crippen LogP contribution in [0.3, 0.4) is 0 Å². The molecule has 0 radical (unpaired) electrons. The molecule has 3 rings (SSSR count). The lowest BCUT2D eigenvalue weighted by Crippen LogP contribution is -2.36. The molecule has 2 aliphatic rings. The van der Waals surface area contributed by atoms with Crippen LogP contribution in [0.15, 0.2) is 12.3 Å². The molecule has 5 heteroatoms. The number of carbonyl (C=O) groups is 1. The van der Waals surface area contributed by atoms with Crippen molar-refractivity contribution < 1.29 is 14.3 Å². The highest BCUT2D eigenvalue weighted by Crippen LogP contribution is 2.19. The molecule has 2 fully saturated rings. The van der Waals surface area contributed by atoms with Crippen LogP contribution >= 0.6 is 0 Å². The Morgan fingerprint density at radius 2 is 2.14 bits per heavy atom. The number of amides is 1. The van der Waals surface area contributed by atoms with Crippen molar-refractivity contribution >= 4 is 5.91 Å². The number of carbonyl (C=O) groups excluding carboxylic acids is 1. The molecule has 1 N–H and O–H groups in total. The van der Waals surface area contributed by atoms with Gasteiger partial charge in [-0.2, -0.15) is 0 Å². The van der Waals surface area contributed by atoms with Gasteiger partial charge in [0.15, 0.2) is 0 Å². The van der Waals surface area contributed by atoms with Crippen LogP contribution in [0.1, 0.15) is 48.2 Å². The number of rotatable bonds is 4. The molecule has 1 unspecified atom stereocenters. The zero-order valence-corrected chi connectivity index (χ0v) is 13.3. The van der Waals surface area contributed by atoms with Crippen LogP contribution in [0, 0.1) is 6.92 Å². The first-order valence-electron chi connectivity index (χ1n) is 8.40. The summed E-state index contributed by atoms with van der Waals surface area (Å²) in [4.78, 5) is 12.5. The van der Waals surface area contributed by atoms with E-state index in [1.807, 2.05) is 19.2 Å². The number of ether oxygens (including phenoxy) is 2. The van der Waals surface area contributed by atoms with Crippen molar-refractivity contribution in [3.8, 4) is 0 Å². The second-order valence-electron chi connectivity index (χ2n) is 6.34. The summed E-state index contributed by atoms with van der Waals surface area (Å²) in [6, 6.07) is 2.26. The molecular weight excluding hydrogens is 280 g/mol. The summed E-state index contributed by atoms with van der Waals surface area (Å²) in [5.41, 5.74) is 1.78. The van der Waals surface area contributed by atoms with Gasteiger partial charge in [-0.05, 0) is 25.8 Å². The largest absolute Gasteiger partial charge is 0.376 e. The third-order valence-corrected chi connectivity index (χ3v) is 4.71. The summed E-state index contributed by atoms with van der Waals surface area (Å²) in [5.74, 6) is 0.0592. The summed E-state index contributed by atoms with van der Waals surface area (Å²) < 4.78 is 13.2. The number of hydrogen-bond donors (Lipinski definition) is 1. The van der Waals surface area contributed by atoms with E-state index in [1.54, 1.807) is 0 Å². The molecule has 1 aromatic heterocycles. The second kappa shape index (κ2) is 7.29. The number of aromatic nitrogens is 1. The predicted octanol–water partition coefficient (Wildman–Crippen LogP) is 2.27. The molecule has 122 valence electrons. The van der Waals surface area contributed by atoms with Crippen LogP contribution in [0.4, 0.5) is 0 Å². The lowest BCUT2D eigenvalue weighted by atomic mass is 9.95. The standard InChI is InChI=1S/C17H26N2O3/c1-13-16(17(20)18-14-5-3-2-4-6-14)7-8-19(13)11-15-12-21-9-10-22-15/h7-8,14-15H,2-6,9-12H2,1H3,(H,18,20). The summed E-state index contributed by atoms with van der Waals surface area (Å²) in [6.45, 7) is 4.69. The van der Waals surface area contributed by atoms with Crippen molar-refractivity contribution in [3.63, 3.8) is 0 Å². The molecule has 1 atom stereocenters. The average Bonchev–Trinajstić information content (AvgIpc) is 2.90. The van der Waals surface area contributed by atoms with Crippen LogP contribution in [-0.4, -0.2) is 42.4 Å². The van der Waals surface area contributed by atoms with Gasteiger partial charge in [0.05, 0.1) is 38.0 Å². The first-order valence-corrected chi connectivity index (χ1v) is 8.40. The molecule has 2 heterocycles. The minimum atomic E-state index is 0.0592. The Balaban J connectivity index is 1.60. The molecule has 5 nitrogen and oxygen atoms in total. The maximum absolute atomic E-state index is 12.5. The van der Waals surface area contributed by atoms with E-state index in [9.17, 15) is 4.79 Å². The predicted molar refractivity (Wildman–Crippen MR) is 84.1 cm³/mol. The summed E-state index contributed by atoms with van der Waals surface area (Å²) in [5, 5.41) is 3.18. The molecule has 1 saturated carbocycles. The Bertz CT molecular complexity index is 500. The van der Waals surface area contributed by atoms with Gasteiger partial charge in [0, 0.05) is 17.9 Å². The van der Waals surface area contributed by atoms with Crippen LogP contribution in [-0.2, 0) is 16.0 Å². The van der Waals surface area contributed by atoms with Crippen molar-refractivity contribution in [2.45, 2.75) is 57.7 Å². The normalized spacial score (nSPS) is 23.4. The molecule has 1 amide bonds. The van der Waals surface area contributed by atoms with E-state index in [0.29, 0.717) is 25.9 Å². The van der Waals surface area contributed by atoms with Gasteiger partial charge in [0.1, 0.15) is 0 Å². The van der Waals surface area contributed by atoms with Gasteiger partial charge in [-0.1, -0.05) is 19.3 Å². The smallest absolute Gasteiger partial charge is 0.253 e. The fourth-order valence-corrected chi connectivity index (χ4v) is 3.36. The third kappa shape index (κ3) is 3.70. The summed E-state index contributed by atoms with van der Waals surface area (Å²) in [6.07, 6.45) is 8.02. The lowest BCUT2D eigenvalue weighted by molar-refractivity contribution is -0.0937. The van der Waals surface area contributed by atoms with Gasteiger partial charge in [-0.3, -0.25) is 4.79 Å². The molecule has 0 aromatic carbocycles. The van der Waals surface area contributed by atoms with Gasteiger partial charge in [-0.15, -0.1) is 0 Å². The zero-order valence-electron chi connectivity index (χ0n) is 13.3. The Morgan fingerprint density at radius 3 is 2.86 bits per heavy atom. The topological polar surface area (TPSA) is 52.5 Å². The molecule has 1 saturated heterocycles. The van der Waals surface area contributed by atoms with Gasteiger partial charge in [0.2, 0.25) is 0 Å². The lowest BCUT2D eigenvalue weighted by Gasteiger charge is -2.24. The molecule has 1 aliphatic heterocycles. The zero-order chi connectivity index (χ0) is 15.4. The Kier molecular flexibility index (Phi) is 5.16. The van der Waals surface area contributed by atoms with Crippen molar-refractivity contribution in [1.29, 1.82) is 0 Å². The van der Waals surface area contributed by atoms with E-state index in [2.05, 4.69) is 9.88 Å². The van der Waals surface area contributed by atoms with Crippen molar-refractivity contribution in [2.24, 2.45) is 0 Å². The van der Waals surface area contributed by atoms with Crippen molar-refractivity contribution in [2.75, 3.05) is 19.8 Å². The molecule has 1 aliphatic carbocycles. The highest BCUT2D eigenvalue weighted by atomic mass is 16.6. The first kappa shape index (κ1) is 15.6. The fraction of sp³-hybridized carbons (Fsp3) is 0.706. The van der Waals surface area contributed by atoms with Crippen LogP contribution in [0.5, 0.6) is 0 Å². The monoisotopic (exact) mass is 306 g/mol. The van der Waals surface area contributed by atoms with Crippen LogP contribution in [0.25, 0.3) is 0 Å². The first-order chi connectivity index (χ1) is 10.7. The van der Waals surface area contributed by atoms with E-state index in [1.165, 1.54) is 19.3 Å². The molecule has 22 heavy (non-hydrogen) atoms. The van der Waals surface area contributed by atoms with Gasteiger partial charge < -0.3 is 19.4 Å². The van der Waals surface area contributed by atoms with E-state index >= 15 is 0 Å². The van der Waals surface area contributed by atoms with Crippen molar-refractivity contribution in [3.05, 3.63) is 23.5 Å². The average molecular weight is 306 g/mol. The minimum absolute atomic E-state index is 0.0592. The van der Waals surface area contributed by atoms with E-state index < -0.39 is 0 Å². The maximum atomic E-state index is 12.5. The molecule has 0 spiro atoms. The van der Waals surface area contributed by atoms with E-state index in [4.69, 9.17) is 9.47 Å². The highest BCUT2D eigenvalue weighted by Gasteiger charge is 2.21. The maximum Gasteiger partial charge on any atom is 0.253 e. The van der Waals surface area contributed by atoms with Crippen LogP contribution < -0.4 is 5.32 Å². The number of nitrogens with zero attached hydrogens (tertiary/aromatic N) is 1. The Labute approximate surface area is 132 Å². The summed E-state index contributed by atoms with van der Waals surface area (Å²) >= 11 is 0. The Morgan fingerprint density at radius 1 is 1.32 bits per heavy atom. The molecule has 0 bridgehead atoms. The number of hydrogen-bond acceptors (Lipinski definition) is 3. The molecule has 1 aromatic rings. The van der Waals surface area contributed by atoms with Crippen molar-refractivity contribution in [1.82, 2.24) is 9.88 Å². The molecular formula is C17H26N2O3. The van der Waals surface area contributed by atoms with E-state index in [0.717, 1.165) is 30.6 Å². The van der Waals surface area contributed by atoms with Crippen LogP contribution in [0.2, 0.25) is 0 Å². The minimum Gasteiger partial charge on any atom is -0.376 e. The fourth-order valence-electron chi connectivity index (χ4n) is 3.36. The van der Waals surface area contributed by atoms with Gasteiger partial charge in [0.25, 0.3) is 5.91 Å². The second-order valence-corrected chi connectivity index (χ2v) is 6.34. The number of nitrogens with one attached hydrogen (secondary N) is 1.